The molecule has 2 nitrogen and oxygen atoms in total. The van der Waals surface area contributed by atoms with Crippen molar-refractivity contribution in [3.63, 3.8) is 0 Å². The largest absolute Gasteiger partial charge is 0.313 e. The highest BCUT2D eigenvalue weighted by molar-refractivity contribution is 8.01. The molecule has 0 bridgehead atoms. The number of benzene rings is 1. The van der Waals surface area contributed by atoms with Crippen LogP contribution in [0.4, 0.5) is 0 Å². The summed E-state index contributed by atoms with van der Waals surface area (Å²) in [6.45, 7) is 4.07. The number of rotatable bonds is 6. The Bertz CT molecular complexity index is 486. The van der Waals surface area contributed by atoms with Gasteiger partial charge < -0.3 is 5.32 Å². The standard InChI is InChI=1S/C13H15ClN2S2/c1-2-5-15-9-10-3-4-12(11(14)8-10)18-13-16-6-7-17-13/h3-4,6-8,15H,2,5,9H2,1H3. The van der Waals surface area contributed by atoms with E-state index < -0.39 is 0 Å². The van der Waals surface area contributed by atoms with E-state index >= 15 is 0 Å². The van der Waals surface area contributed by atoms with E-state index in [0.29, 0.717) is 0 Å². The first-order valence-electron chi connectivity index (χ1n) is 5.86. The number of hydrogen-bond donors (Lipinski definition) is 1. The van der Waals surface area contributed by atoms with Crippen molar-refractivity contribution in [3.05, 3.63) is 40.4 Å². The highest BCUT2D eigenvalue weighted by atomic mass is 35.5. The lowest BCUT2D eigenvalue weighted by molar-refractivity contribution is 0.675. The molecular weight excluding hydrogens is 284 g/mol. The molecule has 2 rings (SSSR count). The van der Waals surface area contributed by atoms with Crippen LogP contribution in [0.3, 0.4) is 0 Å². The molecule has 5 heteroatoms. The quantitative estimate of drug-likeness (QED) is 0.798. The normalized spacial score (nSPS) is 10.8. The van der Waals surface area contributed by atoms with Crippen molar-refractivity contribution in [3.8, 4) is 0 Å². The Morgan fingerprint density at radius 3 is 3.00 bits per heavy atom. The third kappa shape index (κ3) is 3.99. The first-order valence-corrected chi connectivity index (χ1v) is 7.93. The van der Waals surface area contributed by atoms with Gasteiger partial charge in [0.15, 0.2) is 4.34 Å². The van der Waals surface area contributed by atoms with Crippen LogP contribution < -0.4 is 5.32 Å². The smallest absolute Gasteiger partial charge is 0.154 e. The maximum absolute atomic E-state index is 6.29. The monoisotopic (exact) mass is 298 g/mol. The fourth-order valence-corrected chi connectivity index (χ4v) is 3.40. The van der Waals surface area contributed by atoms with E-state index in [-0.39, 0.29) is 0 Å². The summed E-state index contributed by atoms with van der Waals surface area (Å²) in [5, 5.41) is 6.14. The SMILES string of the molecule is CCCNCc1ccc(Sc2nccs2)c(Cl)c1. The van der Waals surface area contributed by atoms with Crippen LogP contribution in [0.15, 0.2) is 39.0 Å². The lowest BCUT2D eigenvalue weighted by Crippen LogP contribution is -2.13. The molecule has 96 valence electrons. The van der Waals surface area contributed by atoms with Gasteiger partial charge in [0.25, 0.3) is 0 Å². The Labute approximate surface area is 121 Å². The van der Waals surface area contributed by atoms with Gasteiger partial charge in [-0.15, -0.1) is 11.3 Å². The minimum atomic E-state index is 0.797. The van der Waals surface area contributed by atoms with E-state index in [9.17, 15) is 0 Å². The van der Waals surface area contributed by atoms with Gasteiger partial charge in [0.1, 0.15) is 0 Å². The van der Waals surface area contributed by atoms with Crippen molar-refractivity contribution in [1.29, 1.82) is 0 Å². The molecule has 2 aromatic rings. The number of halogens is 1. The zero-order valence-electron chi connectivity index (χ0n) is 10.1. The fourth-order valence-electron chi connectivity index (χ4n) is 1.50. The van der Waals surface area contributed by atoms with Gasteiger partial charge in [0.05, 0.1) is 5.02 Å². The summed E-state index contributed by atoms with van der Waals surface area (Å²) in [6.07, 6.45) is 2.95. The first-order chi connectivity index (χ1) is 8.79. The molecule has 0 fully saturated rings. The van der Waals surface area contributed by atoms with Gasteiger partial charge in [-0.1, -0.05) is 36.4 Å². The van der Waals surface area contributed by atoms with Gasteiger partial charge in [-0.3, -0.25) is 0 Å². The zero-order chi connectivity index (χ0) is 12.8. The van der Waals surface area contributed by atoms with E-state index in [0.717, 1.165) is 33.8 Å². The Morgan fingerprint density at radius 1 is 1.44 bits per heavy atom. The number of nitrogens with zero attached hydrogens (tertiary/aromatic N) is 1. The second kappa shape index (κ2) is 7.14. The molecule has 0 spiro atoms. The zero-order valence-corrected chi connectivity index (χ0v) is 12.5. The van der Waals surface area contributed by atoms with Crippen molar-refractivity contribution >= 4 is 34.7 Å². The van der Waals surface area contributed by atoms with Crippen molar-refractivity contribution in [2.24, 2.45) is 0 Å². The van der Waals surface area contributed by atoms with Gasteiger partial charge in [0, 0.05) is 23.0 Å². The molecule has 0 saturated heterocycles. The highest BCUT2D eigenvalue weighted by Gasteiger charge is 2.05. The van der Waals surface area contributed by atoms with Crippen LogP contribution in [0.5, 0.6) is 0 Å². The number of aromatic nitrogens is 1. The van der Waals surface area contributed by atoms with Crippen molar-refractivity contribution in [1.82, 2.24) is 10.3 Å². The Morgan fingerprint density at radius 2 is 2.33 bits per heavy atom. The van der Waals surface area contributed by atoms with Crippen LogP contribution in [-0.2, 0) is 6.54 Å². The molecule has 1 aromatic heterocycles. The van der Waals surface area contributed by atoms with Crippen LogP contribution in [0.2, 0.25) is 5.02 Å². The van der Waals surface area contributed by atoms with Crippen LogP contribution in [-0.4, -0.2) is 11.5 Å². The van der Waals surface area contributed by atoms with E-state index in [2.05, 4.69) is 29.4 Å². The molecule has 0 atom stereocenters. The summed E-state index contributed by atoms with van der Waals surface area (Å²) >= 11 is 9.53. The van der Waals surface area contributed by atoms with E-state index in [1.807, 2.05) is 17.6 Å². The molecule has 0 aliphatic rings. The number of hydrogen-bond acceptors (Lipinski definition) is 4. The van der Waals surface area contributed by atoms with Crippen molar-refractivity contribution < 1.29 is 0 Å². The fraction of sp³-hybridized carbons (Fsp3) is 0.308. The topological polar surface area (TPSA) is 24.9 Å². The van der Waals surface area contributed by atoms with Gasteiger partial charge in [-0.25, -0.2) is 4.98 Å². The summed E-state index contributed by atoms with van der Waals surface area (Å²) in [5.41, 5.74) is 1.22. The molecule has 18 heavy (non-hydrogen) atoms. The predicted octanol–water partition coefficient (Wildman–Crippen LogP) is 4.45. The van der Waals surface area contributed by atoms with Crippen LogP contribution >= 0.6 is 34.7 Å². The highest BCUT2D eigenvalue weighted by Crippen LogP contribution is 2.34. The van der Waals surface area contributed by atoms with Crippen molar-refractivity contribution in [2.45, 2.75) is 29.1 Å². The molecule has 0 unspecified atom stereocenters. The van der Waals surface area contributed by atoms with E-state index in [1.54, 1.807) is 23.1 Å². The summed E-state index contributed by atoms with van der Waals surface area (Å²) in [7, 11) is 0. The second-order valence-electron chi connectivity index (χ2n) is 3.84. The van der Waals surface area contributed by atoms with Crippen LogP contribution in [0.1, 0.15) is 18.9 Å². The van der Waals surface area contributed by atoms with Gasteiger partial charge in [0.2, 0.25) is 0 Å². The average Bonchev–Trinajstić information content (AvgIpc) is 2.86. The van der Waals surface area contributed by atoms with Crippen LogP contribution in [0.25, 0.3) is 0 Å². The Kier molecular flexibility index (Phi) is 5.50. The minimum absolute atomic E-state index is 0.797. The number of nitrogens with one attached hydrogen (secondary N) is 1. The first kappa shape index (κ1) is 13.9. The minimum Gasteiger partial charge on any atom is -0.313 e. The molecule has 1 heterocycles. The van der Waals surface area contributed by atoms with E-state index in [4.69, 9.17) is 11.6 Å². The Hall–Kier alpha value is -0.550. The van der Waals surface area contributed by atoms with Gasteiger partial charge in [-0.2, -0.15) is 0 Å². The average molecular weight is 299 g/mol. The van der Waals surface area contributed by atoms with Gasteiger partial charge in [-0.05, 0) is 30.7 Å². The molecule has 0 saturated carbocycles. The molecule has 0 aliphatic heterocycles. The third-order valence-electron chi connectivity index (χ3n) is 2.36. The lowest BCUT2D eigenvalue weighted by atomic mass is 10.2. The third-order valence-corrected chi connectivity index (χ3v) is 4.74. The van der Waals surface area contributed by atoms with Crippen molar-refractivity contribution in [2.75, 3.05) is 6.54 Å². The molecule has 1 N–H and O–H groups in total. The number of thiazole rings is 1. The summed E-state index contributed by atoms with van der Waals surface area (Å²) in [4.78, 5) is 5.31. The second-order valence-corrected chi connectivity index (χ2v) is 6.43. The van der Waals surface area contributed by atoms with Crippen LogP contribution in [0, 0.1) is 0 Å². The maximum Gasteiger partial charge on any atom is 0.154 e. The maximum atomic E-state index is 6.29. The summed E-state index contributed by atoms with van der Waals surface area (Å²) in [6, 6.07) is 6.21. The molecule has 0 radical (unpaired) electrons. The Balaban J connectivity index is 2.01. The molecule has 0 amide bonds. The lowest BCUT2D eigenvalue weighted by Gasteiger charge is -2.06. The summed E-state index contributed by atoms with van der Waals surface area (Å²) < 4.78 is 1.02. The molecule has 0 aliphatic carbocycles. The van der Waals surface area contributed by atoms with Gasteiger partial charge >= 0.3 is 0 Å². The molecular formula is C13H15ClN2S2. The molecule has 1 aromatic carbocycles. The van der Waals surface area contributed by atoms with E-state index in [1.165, 1.54) is 5.56 Å². The predicted molar refractivity (Wildman–Crippen MR) is 79.7 cm³/mol. The summed E-state index contributed by atoms with van der Waals surface area (Å²) in [5.74, 6) is 0.